The van der Waals surface area contributed by atoms with Crippen LogP contribution in [0, 0.1) is 0 Å². The first kappa shape index (κ1) is 13.2. The Labute approximate surface area is 122 Å². The fourth-order valence-corrected chi connectivity index (χ4v) is 2.51. The number of likely N-dealkylation sites (tertiary alicyclic amines) is 1. The van der Waals surface area contributed by atoms with Crippen molar-refractivity contribution < 1.29 is 9.32 Å². The van der Waals surface area contributed by atoms with E-state index in [4.69, 9.17) is 16.1 Å². The first-order valence-electron chi connectivity index (χ1n) is 6.76. The van der Waals surface area contributed by atoms with E-state index in [1.165, 1.54) is 6.42 Å². The Kier molecular flexibility index (Phi) is 3.74. The second-order valence-corrected chi connectivity index (χ2v) is 5.37. The molecule has 20 heavy (non-hydrogen) atoms. The zero-order valence-electron chi connectivity index (χ0n) is 11.0. The van der Waals surface area contributed by atoms with Gasteiger partial charge >= 0.3 is 0 Å². The summed E-state index contributed by atoms with van der Waals surface area (Å²) in [6.45, 7) is 1.62. The van der Waals surface area contributed by atoms with Gasteiger partial charge in [0.2, 0.25) is 0 Å². The lowest BCUT2D eigenvalue weighted by molar-refractivity contribution is 0.0714. The Morgan fingerprint density at radius 2 is 1.85 bits per heavy atom. The van der Waals surface area contributed by atoms with Crippen molar-refractivity contribution in [3.8, 4) is 11.3 Å². The standard InChI is InChI=1S/C15H15ClN2O2/c16-12-6-4-11(5-7-12)14-10-13(17-20-14)15(19)18-8-2-1-3-9-18/h4-7,10H,1-3,8-9H2. The van der Waals surface area contributed by atoms with Crippen LogP contribution in [0.1, 0.15) is 29.8 Å². The van der Waals surface area contributed by atoms with E-state index in [0.717, 1.165) is 31.5 Å². The third-order valence-corrected chi connectivity index (χ3v) is 3.75. The van der Waals surface area contributed by atoms with E-state index in [2.05, 4.69) is 5.16 Å². The average molecular weight is 291 g/mol. The summed E-state index contributed by atoms with van der Waals surface area (Å²) < 4.78 is 5.26. The predicted octanol–water partition coefficient (Wildman–Crippen LogP) is 3.62. The molecule has 4 nitrogen and oxygen atoms in total. The van der Waals surface area contributed by atoms with E-state index < -0.39 is 0 Å². The number of amides is 1. The molecule has 2 aromatic rings. The van der Waals surface area contributed by atoms with E-state index in [1.54, 1.807) is 18.2 Å². The molecule has 1 aliphatic heterocycles. The summed E-state index contributed by atoms with van der Waals surface area (Å²) in [7, 11) is 0. The minimum absolute atomic E-state index is 0.0475. The molecule has 3 rings (SSSR count). The zero-order chi connectivity index (χ0) is 13.9. The smallest absolute Gasteiger partial charge is 0.276 e. The van der Waals surface area contributed by atoms with Gasteiger partial charge in [0.1, 0.15) is 0 Å². The van der Waals surface area contributed by atoms with Crippen LogP contribution in [-0.4, -0.2) is 29.1 Å². The van der Waals surface area contributed by atoms with Crippen LogP contribution in [0.2, 0.25) is 5.02 Å². The van der Waals surface area contributed by atoms with E-state index in [0.29, 0.717) is 16.5 Å². The van der Waals surface area contributed by atoms with E-state index in [1.807, 2.05) is 17.0 Å². The largest absolute Gasteiger partial charge is 0.355 e. The van der Waals surface area contributed by atoms with Gasteiger partial charge in [0, 0.05) is 29.7 Å². The second kappa shape index (κ2) is 5.67. The Balaban J connectivity index is 1.79. The highest BCUT2D eigenvalue weighted by atomic mass is 35.5. The molecule has 0 saturated carbocycles. The van der Waals surface area contributed by atoms with Crippen molar-refractivity contribution >= 4 is 17.5 Å². The minimum Gasteiger partial charge on any atom is -0.355 e. The third-order valence-electron chi connectivity index (χ3n) is 3.50. The molecule has 0 N–H and O–H groups in total. The van der Waals surface area contributed by atoms with Gasteiger partial charge in [0.05, 0.1) is 0 Å². The van der Waals surface area contributed by atoms with Gasteiger partial charge < -0.3 is 9.42 Å². The van der Waals surface area contributed by atoms with Crippen molar-refractivity contribution in [2.75, 3.05) is 13.1 Å². The Morgan fingerprint density at radius 3 is 2.55 bits per heavy atom. The number of hydrogen-bond donors (Lipinski definition) is 0. The summed E-state index contributed by atoms with van der Waals surface area (Å²) in [4.78, 5) is 14.1. The maximum absolute atomic E-state index is 12.3. The summed E-state index contributed by atoms with van der Waals surface area (Å²) in [6, 6.07) is 8.95. The molecular weight excluding hydrogens is 276 g/mol. The summed E-state index contributed by atoms with van der Waals surface area (Å²) in [5.41, 5.74) is 1.23. The first-order chi connectivity index (χ1) is 9.74. The van der Waals surface area contributed by atoms with Gasteiger partial charge in [-0.2, -0.15) is 0 Å². The molecule has 1 saturated heterocycles. The fraction of sp³-hybridized carbons (Fsp3) is 0.333. The van der Waals surface area contributed by atoms with Gasteiger partial charge in [0.15, 0.2) is 11.5 Å². The van der Waals surface area contributed by atoms with Crippen molar-refractivity contribution in [2.45, 2.75) is 19.3 Å². The number of nitrogens with zero attached hydrogens (tertiary/aromatic N) is 2. The lowest BCUT2D eigenvalue weighted by Gasteiger charge is -2.25. The lowest BCUT2D eigenvalue weighted by Crippen LogP contribution is -2.35. The fourth-order valence-electron chi connectivity index (χ4n) is 2.39. The van der Waals surface area contributed by atoms with Crippen molar-refractivity contribution in [1.82, 2.24) is 10.1 Å². The minimum atomic E-state index is -0.0475. The Hall–Kier alpha value is -1.81. The Bertz CT molecular complexity index is 601. The molecule has 1 aromatic heterocycles. The number of rotatable bonds is 2. The van der Waals surface area contributed by atoms with Gasteiger partial charge in [-0.05, 0) is 43.5 Å². The number of carbonyl (C=O) groups is 1. The normalized spacial score (nSPS) is 15.3. The molecule has 0 aliphatic carbocycles. The maximum atomic E-state index is 12.3. The van der Waals surface area contributed by atoms with Crippen molar-refractivity contribution in [1.29, 1.82) is 0 Å². The molecule has 0 radical (unpaired) electrons. The summed E-state index contributed by atoms with van der Waals surface area (Å²) >= 11 is 5.85. The maximum Gasteiger partial charge on any atom is 0.276 e. The second-order valence-electron chi connectivity index (χ2n) is 4.94. The van der Waals surface area contributed by atoms with E-state index in [-0.39, 0.29) is 5.91 Å². The van der Waals surface area contributed by atoms with Crippen LogP contribution in [-0.2, 0) is 0 Å². The molecule has 104 valence electrons. The SMILES string of the molecule is O=C(c1cc(-c2ccc(Cl)cc2)on1)N1CCCCC1. The van der Waals surface area contributed by atoms with Crippen LogP contribution >= 0.6 is 11.6 Å². The highest BCUT2D eigenvalue weighted by Gasteiger charge is 2.21. The molecule has 0 bridgehead atoms. The lowest BCUT2D eigenvalue weighted by atomic mass is 10.1. The van der Waals surface area contributed by atoms with Gasteiger partial charge in [-0.3, -0.25) is 4.79 Å². The Morgan fingerprint density at radius 1 is 1.15 bits per heavy atom. The number of halogens is 1. The molecule has 0 unspecified atom stereocenters. The predicted molar refractivity (Wildman–Crippen MR) is 76.7 cm³/mol. The van der Waals surface area contributed by atoms with E-state index >= 15 is 0 Å². The molecule has 0 spiro atoms. The summed E-state index contributed by atoms with van der Waals surface area (Å²) in [5.74, 6) is 0.538. The van der Waals surface area contributed by atoms with Gasteiger partial charge in [-0.25, -0.2) is 0 Å². The number of hydrogen-bond acceptors (Lipinski definition) is 3. The third kappa shape index (κ3) is 2.70. The van der Waals surface area contributed by atoms with Crippen LogP contribution in [0.4, 0.5) is 0 Å². The molecular formula is C15H15ClN2O2. The van der Waals surface area contributed by atoms with Crippen LogP contribution < -0.4 is 0 Å². The first-order valence-corrected chi connectivity index (χ1v) is 7.14. The van der Waals surface area contributed by atoms with Crippen LogP contribution in [0.3, 0.4) is 0 Å². The highest BCUT2D eigenvalue weighted by Crippen LogP contribution is 2.23. The number of benzene rings is 1. The van der Waals surface area contributed by atoms with Crippen molar-refractivity contribution in [3.05, 3.63) is 41.0 Å². The number of aromatic nitrogens is 1. The molecule has 1 aliphatic rings. The topological polar surface area (TPSA) is 46.3 Å². The monoisotopic (exact) mass is 290 g/mol. The van der Waals surface area contributed by atoms with Crippen LogP contribution in [0.15, 0.2) is 34.9 Å². The number of carbonyl (C=O) groups excluding carboxylic acids is 1. The van der Waals surface area contributed by atoms with Crippen LogP contribution in [0.5, 0.6) is 0 Å². The van der Waals surface area contributed by atoms with Gasteiger partial charge in [-0.15, -0.1) is 0 Å². The summed E-state index contributed by atoms with van der Waals surface area (Å²) in [5, 5.41) is 4.56. The van der Waals surface area contributed by atoms with Crippen LogP contribution in [0.25, 0.3) is 11.3 Å². The molecule has 1 aromatic carbocycles. The van der Waals surface area contributed by atoms with Gasteiger partial charge in [-0.1, -0.05) is 16.8 Å². The zero-order valence-corrected chi connectivity index (χ0v) is 11.8. The molecule has 1 amide bonds. The molecule has 5 heteroatoms. The highest BCUT2D eigenvalue weighted by molar-refractivity contribution is 6.30. The van der Waals surface area contributed by atoms with Gasteiger partial charge in [0.25, 0.3) is 5.91 Å². The van der Waals surface area contributed by atoms with Crippen molar-refractivity contribution in [2.24, 2.45) is 0 Å². The number of piperidine rings is 1. The molecule has 1 fully saturated rings. The van der Waals surface area contributed by atoms with E-state index in [9.17, 15) is 4.79 Å². The van der Waals surface area contributed by atoms with Crippen molar-refractivity contribution in [3.63, 3.8) is 0 Å². The average Bonchev–Trinajstić information content (AvgIpc) is 2.98. The quantitative estimate of drug-likeness (QED) is 0.848. The molecule has 0 atom stereocenters. The molecule has 2 heterocycles. The summed E-state index contributed by atoms with van der Waals surface area (Å²) in [6.07, 6.45) is 3.32.